The van der Waals surface area contributed by atoms with Crippen molar-refractivity contribution in [3.8, 4) is 0 Å². The number of hydrogen-bond donors (Lipinski definition) is 1. The Morgan fingerprint density at radius 2 is 2.18 bits per heavy atom. The molecule has 2 nitrogen and oxygen atoms in total. The summed E-state index contributed by atoms with van der Waals surface area (Å²) in [7, 11) is 0. The Labute approximate surface area is 112 Å². The summed E-state index contributed by atoms with van der Waals surface area (Å²) < 4.78 is 1.06. The van der Waals surface area contributed by atoms with E-state index in [-0.39, 0.29) is 0 Å². The molecule has 2 rings (SSSR count). The predicted octanol–water partition coefficient (Wildman–Crippen LogP) is 3.90. The summed E-state index contributed by atoms with van der Waals surface area (Å²) >= 11 is 3.46. The third-order valence-electron chi connectivity index (χ3n) is 3.76. The summed E-state index contributed by atoms with van der Waals surface area (Å²) in [6.07, 6.45) is 10.6. The molecule has 17 heavy (non-hydrogen) atoms. The Kier molecular flexibility index (Phi) is 4.99. The van der Waals surface area contributed by atoms with Crippen molar-refractivity contribution < 1.29 is 0 Å². The van der Waals surface area contributed by atoms with Gasteiger partial charge < -0.3 is 5.32 Å². The van der Waals surface area contributed by atoms with Gasteiger partial charge in [0.25, 0.3) is 0 Å². The van der Waals surface area contributed by atoms with Crippen molar-refractivity contribution in [2.24, 2.45) is 5.92 Å². The van der Waals surface area contributed by atoms with Gasteiger partial charge in [-0.05, 0) is 46.3 Å². The van der Waals surface area contributed by atoms with E-state index < -0.39 is 0 Å². The van der Waals surface area contributed by atoms with Gasteiger partial charge in [-0.2, -0.15) is 0 Å². The normalized spacial score (nSPS) is 24.8. The fourth-order valence-electron chi connectivity index (χ4n) is 2.77. The third kappa shape index (κ3) is 3.78. The lowest BCUT2D eigenvalue weighted by Gasteiger charge is -2.31. The van der Waals surface area contributed by atoms with Crippen molar-refractivity contribution in [2.45, 2.75) is 51.6 Å². The largest absolute Gasteiger partial charge is 0.310 e. The molecular formula is C14H21BrN2. The second-order valence-corrected chi connectivity index (χ2v) is 5.87. The summed E-state index contributed by atoms with van der Waals surface area (Å²) in [6.45, 7) is 3.25. The molecule has 0 aliphatic heterocycles. The quantitative estimate of drug-likeness (QED) is 0.911. The van der Waals surface area contributed by atoms with E-state index >= 15 is 0 Å². The zero-order valence-corrected chi connectivity index (χ0v) is 12.0. The zero-order chi connectivity index (χ0) is 12.1. The zero-order valence-electron chi connectivity index (χ0n) is 10.5. The summed E-state index contributed by atoms with van der Waals surface area (Å²) in [5, 5.41) is 3.71. The predicted molar refractivity (Wildman–Crippen MR) is 74.8 cm³/mol. The van der Waals surface area contributed by atoms with Gasteiger partial charge in [-0.1, -0.05) is 26.2 Å². The Morgan fingerprint density at radius 1 is 1.35 bits per heavy atom. The number of pyridine rings is 1. The van der Waals surface area contributed by atoms with E-state index in [2.05, 4.69) is 39.2 Å². The van der Waals surface area contributed by atoms with Gasteiger partial charge in [-0.3, -0.25) is 4.98 Å². The van der Waals surface area contributed by atoms with Crippen molar-refractivity contribution in [3.05, 3.63) is 28.5 Å². The molecule has 0 spiro atoms. The van der Waals surface area contributed by atoms with E-state index in [9.17, 15) is 0 Å². The fourth-order valence-corrected chi connectivity index (χ4v) is 3.18. The van der Waals surface area contributed by atoms with Gasteiger partial charge in [0.2, 0.25) is 0 Å². The first-order chi connectivity index (χ1) is 8.29. The number of rotatable bonds is 4. The minimum Gasteiger partial charge on any atom is -0.310 e. The molecule has 1 aromatic heterocycles. The maximum Gasteiger partial charge on any atom is 0.0410 e. The summed E-state index contributed by atoms with van der Waals surface area (Å²) in [6, 6.07) is 2.84. The van der Waals surface area contributed by atoms with Gasteiger partial charge in [-0.15, -0.1) is 0 Å². The molecule has 0 aromatic carbocycles. The van der Waals surface area contributed by atoms with Crippen LogP contribution in [0, 0.1) is 5.92 Å². The van der Waals surface area contributed by atoms with Crippen LogP contribution in [0.25, 0.3) is 0 Å². The van der Waals surface area contributed by atoms with Crippen LogP contribution in [-0.2, 0) is 6.54 Å². The maximum absolute atomic E-state index is 4.20. The van der Waals surface area contributed by atoms with Crippen LogP contribution in [-0.4, -0.2) is 11.0 Å². The van der Waals surface area contributed by atoms with Crippen LogP contribution in [0.2, 0.25) is 0 Å². The molecule has 0 amide bonds. The molecule has 1 aliphatic carbocycles. The molecule has 1 fully saturated rings. The molecule has 1 saturated carbocycles. The first kappa shape index (κ1) is 13.0. The van der Waals surface area contributed by atoms with Crippen LogP contribution in [0.3, 0.4) is 0 Å². The highest BCUT2D eigenvalue weighted by molar-refractivity contribution is 9.10. The van der Waals surface area contributed by atoms with Crippen molar-refractivity contribution in [2.75, 3.05) is 0 Å². The van der Waals surface area contributed by atoms with Crippen LogP contribution in [0.15, 0.2) is 22.9 Å². The molecule has 1 aromatic rings. The van der Waals surface area contributed by atoms with E-state index in [0.717, 1.165) is 16.9 Å². The Bertz CT molecular complexity index is 354. The molecule has 1 aliphatic rings. The number of nitrogens with one attached hydrogen (secondary N) is 1. The molecular weight excluding hydrogens is 276 g/mol. The van der Waals surface area contributed by atoms with E-state index in [4.69, 9.17) is 0 Å². The van der Waals surface area contributed by atoms with Crippen LogP contribution >= 0.6 is 15.9 Å². The minimum absolute atomic E-state index is 0.702. The number of nitrogens with zero attached hydrogens (tertiary/aromatic N) is 1. The highest BCUT2D eigenvalue weighted by atomic mass is 79.9. The Hall–Kier alpha value is -0.410. The fraction of sp³-hybridized carbons (Fsp3) is 0.643. The molecule has 0 radical (unpaired) electrons. The molecule has 0 saturated heterocycles. The molecule has 2 atom stereocenters. The van der Waals surface area contributed by atoms with Crippen molar-refractivity contribution in [3.63, 3.8) is 0 Å². The van der Waals surface area contributed by atoms with Gasteiger partial charge in [-0.25, -0.2) is 0 Å². The molecule has 94 valence electrons. The average Bonchev–Trinajstić information content (AvgIpc) is 2.37. The van der Waals surface area contributed by atoms with Crippen LogP contribution in [0.5, 0.6) is 0 Å². The molecule has 1 N–H and O–H groups in total. The SMILES string of the molecule is CCC1CCCCC1NCc1cncc(Br)c1. The summed E-state index contributed by atoms with van der Waals surface area (Å²) in [4.78, 5) is 4.20. The highest BCUT2D eigenvalue weighted by Crippen LogP contribution is 2.27. The monoisotopic (exact) mass is 296 g/mol. The second-order valence-electron chi connectivity index (χ2n) is 4.95. The summed E-state index contributed by atoms with van der Waals surface area (Å²) in [5.74, 6) is 0.865. The third-order valence-corrected chi connectivity index (χ3v) is 4.20. The van der Waals surface area contributed by atoms with Crippen molar-refractivity contribution >= 4 is 15.9 Å². The average molecular weight is 297 g/mol. The molecule has 0 bridgehead atoms. The lowest BCUT2D eigenvalue weighted by atomic mass is 9.83. The van der Waals surface area contributed by atoms with Gasteiger partial charge in [0.1, 0.15) is 0 Å². The molecule has 2 unspecified atom stereocenters. The first-order valence-electron chi connectivity index (χ1n) is 6.62. The standard InChI is InChI=1S/C14H21BrN2/c1-2-12-5-3-4-6-14(12)17-9-11-7-13(15)10-16-8-11/h7-8,10,12,14,17H,2-6,9H2,1H3. The lowest BCUT2D eigenvalue weighted by molar-refractivity contribution is 0.254. The van der Waals surface area contributed by atoms with Gasteiger partial charge in [0.15, 0.2) is 0 Å². The maximum atomic E-state index is 4.20. The second kappa shape index (κ2) is 6.50. The highest BCUT2D eigenvalue weighted by Gasteiger charge is 2.22. The van der Waals surface area contributed by atoms with Crippen molar-refractivity contribution in [1.82, 2.24) is 10.3 Å². The molecule has 1 heterocycles. The summed E-state index contributed by atoms with van der Waals surface area (Å²) in [5.41, 5.74) is 1.26. The van der Waals surface area contributed by atoms with E-state index in [1.165, 1.54) is 37.7 Å². The van der Waals surface area contributed by atoms with E-state index in [1.54, 1.807) is 0 Å². The number of hydrogen-bond acceptors (Lipinski definition) is 2. The van der Waals surface area contributed by atoms with Crippen LogP contribution in [0.1, 0.15) is 44.6 Å². The van der Waals surface area contributed by atoms with Gasteiger partial charge in [0.05, 0.1) is 0 Å². The minimum atomic E-state index is 0.702. The Balaban J connectivity index is 1.88. The van der Waals surface area contributed by atoms with Crippen LogP contribution < -0.4 is 5.32 Å². The number of aromatic nitrogens is 1. The molecule has 3 heteroatoms. The van der Waals surface area contributed by atoms with Gasteiger partial charge >= 0.3 is 0 Å². The van der Waals surface area contributed by atoms with E-state index in [1.807, 2.05) is 12.4 Å². The van der Waals surface area contributed by atoms with Crippen molar-refractivity contribution in [1.29, 1.82) is 0 Å². The van der Waals surface area contributed by atoms with E-state index in [0.29, 0.717) is 6.04 Å². The first-order valence-corrected chi connectivity index (χ1v) is 7.41. The Morgan fingerprint density at radius 3 is 2.94 bits per heavy atom. The van der Waals surface area contributed by atoms with Gasteiger partial charge in [0, 0.05) is 29.5 Å². The smallest absolute Gasteiger partial charge is 0.0410 e. The topological polar surface area (TPSA) is 24.9 Å². The number of halogens is 1. The van der Waals surface area contributed by atoms with Crippen LogP contribution in [0.4, 0.5) is 0 Å². The lowest BCUT2D eigenvalue weighted by Crippen LogP contribution is -2.37.